The number of phenols is 1. The van der Waals surface area contributed by atoms with Crippen LogP contribution in [0.3, 0.4) is 0 Å². The molecule has 1 spiro atoms. The fourth-order valence-electron chi connectivity index (χ4n) is 4.41. The maximum Gasteiger partial charge on any atom is 0.340 e. The van der Waals surface area contributed by atoms with Gasteiger partial charge in [0.25, 0.3) is 0 Å². The van der Waals surface area contributed by atoms with Gasteiger partial charge in [-0.3, -0.25) is 0 Å². The average Bonchev–Trinajstić information content (AvgIpc) is 2.98. The number of carbonyl (C=O) groups is 1. The summed E-state index contributed by atoms with van der Waals surface area (Å²) in [5, 5.41) is 10.0. The van der Waals surface area contributed by atoms with E-state index >= 15 is 0 Å². The Bertz CT molecular complexity index is 1090. The summed E-state index contributed by atoms with van der Waals surface area (Å²) < 4.78 is 12.3. The van der Waals surface area contributed by atoms with Crippen molar-refractivity contribution in [3.05, 3.63) is 88.0 Å². The van der Waals surface area contributed by atoms with Crippen molar-refractivity contribution < 1.29 is 19.4 Å². The Morgan fingerprint density at radius 1 is 0.931 bits per heavy atom. The van der Waals surface area contributed by atoms with Gasteiger partial charge in [-0.2, -0.15) is 0 Å². The second-order valence-electron chi connectivity index (χ2n) is 7.84. The van der Waals surface area contributed by atoms with Crippen LogP contribution in [0.2, 0.25) is 0 Å². The van der Waals surface area contributed by atoms with Crippen molar-refractivity contribution in [2.75, 3.05) is 0 Å². The fourth-order valence-corrected chi connectivity index (χ4v) is 4.41. The van der Waals surface area contributed by atoms with Crippen molar-refractivity contribution in [2.24, 2.45) is 0 Å². The molecule has 0 radical (unpaired) electrons. The van der Waals surface area contributed by atoms with E-state index in [-0.39, 0.29) is 11.7 Å². The van der Waals surface area contributed by atoms with Crippen LogP contribution in [0.15, 0.2) is 54.6 Å². The number of aromatic hydroxyl groups is 1. The Labute approximate surface area is 169 Å². The molecule has 4 heteroatoms. The monoisotopic (exact) mass is 386 g/mol. The molecule has 1 atom stereocenters. The Balaban J connectivity index is 1.77. The molecule has 0 bridgehead atoms. The molecule has 1 N–H and O–H groups in total. The molecule has 29 heavy (non-hydrogen) atoms. The van der Waals surface area contributed by atoms with Gasteiger partial charge in [-0.1, -0.05) is 37.6 Å². The van der Waals surface area contributed by atoms with Crippen LogP contribution in [-0.2, 0) is 16.8 Å². The molecule has 3 aromatic rings. The SMILES string of the molecule is CCCCc1ccc2c(c1)C(=O)OC21c2ccc(C)cc2Oc2cc(O)ccc21. The quantitative estimate of drug-likeness (QED) is 0.594. The first-order valence-corrected chi connectivity index (χ1v) is 10.0. The van der Waals surface area contributed by atoms with Crippen LogP contribution in [0.1, 0.15) is 57.9 Å². The normalized spacial score (nSPS) is 18.6. The average molecular weight is 386 g/mol. The Kier molecular flexibility index (Phi) is 3.91. The fraction of sp³-hybridized carbons (Fsp3) is 0.240. The number of phenolic OH excluding ortho intramolecular Hbond substituents is 1. The topological polar surface area (TPSA) is 55.8 Å². The first kappa shape index (κ1) is 17.8. The van der Waals surface area contributed by atoms with Crippen LogP contribution < -0.4 is 4.74 Å². The molecule has 0 saturated heterocycles. The minimum absolute atomic E-state index is 0.106. The van der Waals surface area contributed by atoms with Gasteiger partial charge < -0.3 is 14.6 Å². The Hall–Kier alpha value is -3.27. The largest absolute Gasteiger partial charge is 0.508 e. The highest BCUT2D eigenvalue weighted by Gasteiger charge is 2.53. The summed E-state index contributed by atoms with van der Waals surface area (Å²) in [5.74, 6) is 0.915. The first-order valence-electron chi connectivity index (χ1n) is 10.0. The van der Waals surface area contributed by atoms with Crippen LogP contribution >= 0.6 is 0 Å². The van der Waals surface area contributed by atoms with Crippen molar-refractivity contribution >= 4 is 5.97 Å². The molecule has 146 valence electrons. The van der Waals surface area contributed by atoms with Gasteiger partial charge in [0.1, 0.15) is 17.2 Å². The van der Waals surface area contributed by atoms with Crippen molar-refractivity contribution in [2.45, 2.75) is 38.7 Å². The minimum atomic E-state index is -1.07. The molecule has 4 nitrogen and oxygen atoms in total. The summed E-state index contributed by atoms with van der Waals surface area (Å²) in [6.07, 6.45) is 3.12. The van der Waals surface area contributed by atoms with Crippen molar-refractivity contribution in [1.29, 1.82) is 0 Å². The van der Waals surface area contributed by atoms with Gasteiger partial charge in [-0.15, -0.1) is 0 Å². The summed E-state index contributed by atoms with van der Waals surface area (Å²) in [7, 11) is 0. The van der Waals surface area contributed by atoms with E-state index in [1.165, 1.54) is 0 Å². The smallest absolute Gasteiger partial charge is 0.340 e. The predicted octanol–water partition coefficient (Wildman–Crippen LogP) is 5.61. The summed E-state index contributed by atoms with van der Waals surface area (Å²) in [6.45, 7) is 4.15. The molecular weight excluding hydrogens is 364 g/mol. The number of fused-ring (bicyclic) bond motifs is 6. The predicted molar refractivity (Wildman–Crippen MR) is 110 cm³/mol. The molecule has 0 aliphatic carbocycles. The van der Waals surface area contributed by atoms with E-state index in [1.807, 2.05) is 37.3 Å². The number of hydrogen-bond donors (Lipinski definition) is 1. The lowest BCUT2D eigenvalue weighted by atomic mass is 9.77. The highest BCUT2D eigenvalue weighted by atomic mass is 16.6. The highest BCUT2D eigenvalue weighted by molar-refractivity contribution is 5.97. The zero-order valence-corrected chi connectivity index (χ0v) is 16.5. The van der Waals surface area contributed by atoms with E-state index in [0.717, 1.165) is 47.1 Å². The van der Waals surface area contributed by atoms with E-state index < -0.39 is 5.60 Å². The summed E-state index contributed by atoms with van der Waals surface area (Å²) in [4.78, 5) is 13.0. The first-order chi connectivity index (χ1) is 14.0. The molecule has 3 aromatic carbocycles. The van der Waals surface area contributed by atoms with Gasteiger partial charge in [0.15, 0.2) is 5.60 Å². The molecule has 0 saturated carbocycles. The maximum atomic E-state index is 13.0. The maximum absolute atomic E-state index is 13.0. The zero-order valence-electron chi connectivity index (χ0n) is 16.5. The zero-order chi connectivity index (χ0) is 20.2. The molecular formula is C25H22O4. The number of carbonyl (C=O) groups excluding carboxylic acids is 1. The molecule has 2 aliphatic rings. The standard InChI is InChI=1S/C25H22O4/c1-3-4-5-16-7-10-19-18(13-16)24(27)29-25(19)20-9-6-15(2)12-22(20)28-23-14-17(26)8-11-21(23)25/h6-14,26H,3-5H2,1-2H3. The van der Waals surface area contributed by atoms with Crippen LogP contribution in [0.4, 0.5) is 0 Å². The third-order valence-corrected chi connectivity index (χ3v) is 5.83. The highest BCUT2D eigenvalue weighted by Crippen LogP contribution is 2.56. The molecule has 2 aliphatic heterocycles. The molecule has 5 rings (SSSR count). The van der Waals surface area contributed by atoms with Crippen molar-refractivity contribution in [3.63, 3.8) is 0 Å². The number of hydrogen-bond acceptors (Lipinski definition) is 4. The van der Waals surface area contributed by atoms with E-state index in [4.69, 9.17) is 9.47 Å². The molecule has 1 unspecified atom stereocenters. The number of unbranched alkanes of at least 4 members (excludes halogenated alkanes) is 1. The van der Waals surface area contributed by atoms with Crippen LogP contribution in [0.25, 0.3) is 0 Å². The Morgan fingerprint density at radius 2 is 1.66 bits per heavy atom. The third-order valence-electron chi connectivity index (χ3n) is 5.83. The minimum Gasteiger partial charge on any atom is -0.508 e. The molecule has 0 aromatic heterocycles. The van der Waals surface area contributed by atoms with Gasteiger partial charge in [0.05, 0.1) is 5.56 Å². The molecule has 0 amide bonds. The van der Waals surface area contributed by atoms with Gasteiger partial charge >= 0.3 is 5.97 Å². The van der Waals surface area contributed by atoms with E-state index in [2.05, 4.69) is 13.0 Å². The van der Waals surface area contributed by atoms with Gasteiger partial charge in [0, 0.05) is 22.8 Å². The number of benzene rings is 3. The second kappa shape index (κ2) is 6.38. The van der Waals surface area contributed by atoms with Crippen LogP contribution in [0.5, 0.6) is 17.2 Å². The van der Waals surface area contributed by atoms with E-state index in [1.54, 1.807) is 18.2 Å². The summed E-state index contributed by atoms with van der Waals surface area (Å²) in [6, 6.07) is 16.9. The second-order valence-corrected chi connectivity index (χ2v) is 7.84. The molecule has 0 fully saturated rings. The summed E-state index contributed by atoms with van der Waals surface area (Å²) in [5.41, 5.74) is 4.06. The van der Waals surface area contributed by atoms with Gasteiger partial charge in [0.2, 0.25) is 0 Å². The lowest BCUT2D eigenvalue weighted by Gasteiger charge is -2.36. The number of esters is 1. The lowest BCUT2D eigenvalue weighted by molar-refractivity contribution is 0.0224. The van der Waals surface area contributed by atoms with Crippen molar-refractivity contribution in [1.82, 2.24) is 0 Å². The molecule has 2 heterocycles. The number of aryl methyl sites for hydroxylation is 2. The van der Waals surface area contributed by atoms with E-state index in [0.29, 0.717) is 17.1 Å². The Morgan fingerprint density at radius 3 is 2.45 bits per heavy atom. The van der Waals surface area contributed by atoms with Gasteiger partial charge in [-0.05, 0) is 55.2 Å². The summed E-state index contributed by atoms with van der Waals surface area (Å²) >= 11 is 0. The lowest BCUT2D eigenvalue weighted by Crippen LogP contribution is -2.33. The van der Waals surface area contributed by atoms with E-state index in [9.17, 15) is 9.90 Å². The van der Waals surface area contributed by atoms with Crippen LogP contribution in [0, 0.1) is 6.92 Å². The third kappa shape index (κ3) is 2.55. The van der Waals surface area contributed by atoms with Crippen molar-refractivity contribution in [3.8, 4) is 17.2 Å². The number of rotatable bonds is 3. The van der Waals surface area contributed by atoms with Crippen LogP contribution in [-0.4, -0.2) is 11.1 Å². The van der Waals surface area contributed by atoms with Gasteiger partial charge in [-0.25, -0.2) is 4.79 Å². The number of ether oxygens (including phenoxy) is 2.